The minimum Gasteiger partial charge on any atom is -0.465 e. The number of hydrogen-bond acceptors (Lipinski definition) is 3. The number of ketones is 1. The molecule has 0 amide bonds. The summed E-state index contributed by atoms with van der Waals surface area (Å²) in [6, 6.07) is 5.11. The number of Topliss-reactive ketones (excluding diaryl/α,β-unsaturated/α-hetero) is 1. The Labute approximate surface area is 117 Å². The standard InChI is InChI=1S/C12H12Br2O3/c1-2-5-17-12(16)7-11(15)8-3-4-9(13)10(14)6-8/h3-4,6H,2,5,7H2,1H3. The van der Waals surface area contributed by atoms with Crippen LogP contribution in [-0.4, -0.2) is 18.4 Å². The van der Waals surface area contributed by atoms with Crippen molar-refractivity contribution >= 4 is 43.6 Å². The van der Waals surface area contributed by atoms with Crippen molar-refractivity contribution in [3.63, 3.8) is 0 Å². The minimum atomic E-state index is -0.476. The quantitative estimate of drug-likeness (QED) is 0.454. The van der Waals surface area contributed by atoms with Crippen LogP contribution in [0.2, 0.25) is 0 Å². The zero-order valence-corrected chi connectivity index (χ0v) is 12.5. The van der Waals surface area contributed by atoms with Crippen molar-refractivity contribution in [3.05, 3.63) is 32.7 Å². The number of rotatable bonds is 5. The summed E-state index contributed by atoms with van der Waals surface area (Å²) in [5, 5.41) is 0. The second kappa shape index (κ2) is 6.91. The number of ether oxygens (including phenoxy) is 1. The van der Waals surface area contributed by atoms with Crippen LogP contribution in [0.3, 0.4) is 0 Å². The lowest BCUT2D eigenvalue weighted by Crippen LogP contribution is -2.12. The lowest BCUT2D eigenvalue weighted by molar-refractivity contribution is -0.142. The van der Waals surface area contributed by atoms with Crippen LogP contribution in [0.1, 0.15) is 30.1 Å². The highest BCUT2D eigenvalue weighted by molar-refractivity contribution is 9.13. The van der Waals surface area contributed by atoms with E-state index < -0.39 is 5.97 Å². The summed E-state index contributed by atoms with van der Waals surface area (Å²) in [5.41, 5.74) is 0.494. The molecule has 0 aliphatic heterocycles. The molecule has 0 aliphatic rings. The lowest BCUT2D eigenvalue weighted by Gasteiger charge is -2.04. The molecular weight excluding hydrogens is 352 g/mol. The molecule has 0 N–H and O–H groups in total. The molecule has 1 aromatic carbocycles. The highest BCUT2D eigenvalue weighted by atomic mass is 79.9. The molecular formula is C12H12Br2O3. The molecule has 0 unspecified atom stereocenters. The maximum atomic E-state index is 11.7. The largest absolute Gasteiger partial charge is 0.465 e. The fourth-order valence-electron chi connectivity index (χ4n) is 1.17. The molecule has 0 saturated carbocycles. The Morgan fingerprint density at radius 3 is 2.53 bits per heavy atom. The Balaban J connectivity index is 2.63. The molecule has 3 nitrogen and oxygen atoms in total. The first kappa shape index (κ1) is 14.4. The maximum Gasteiger partial charge on any atom is 0.313 e. The number of carbonyl (C=O) groups excluding carboxylic acids is 2. The molecule has 1 aromatic rings. The van der Waals surface area contributed by atoms with Crippen LogP contribution >= 0.6 is 31.9 Å². The summed E-state index contributed by atoms with van der Waals surface area (Å²) >= 11 is 6.62. The highest BCUT2D eigenvalue weighted by Crippen LogP contribution is 2.24. The molecule has 17 heavy (non-hydrogen) atoms. The van der Waals surface area contributed by atoms with Gasteiger partial charge in [0.2, 0.25) is 0 Å². The summed E-state index contributed by atoms with van der Waals surface area (Å²) in [7, 11) is 0. The van der Waals surface area contributed by atoms with Gasteiger partial charge in [-0.15, -0.1) is 0 Å². The number of esters is 1. The molecule has 0 aromatic heterocycles. The summed E-state index contributed by atoms with van der Waals surface area (Å²) in [6.45, 7) is 2.26. The SMILES string of the molecule is CCCOC(=O)CC(=O)c1ccc(Br)c(Br)c1. The van der Waals surface area contributed by atoms with E-state index in [1.165, 1.54) is 0 Å². The van der Waals surface area contributed by atoms with Crippen LogP contribution < -0.4 is 0 Å². The van der Waals surface area contributed by atoms with E-state index in [4.69, 9.17) is 4.74 Å². The molecule has 0 bridgehead atoms. The van der Waals surface area contributed by atoms with Crippen LogP contribution in [0, 0.1) is 0 Å². The van der Waals surface area contributed by atoms with Gasteiger partial charge < -0.3 is 4.74 Å². The smallest absolute Gasteiger partial charge is 0.313 e. The van der Waals surface area contributed by atoms with Gasteiger partial charge in [0.05, 0.1) is 6.61 Å². The molecule has 1 rings (SSSR count). The van der Waals surface area contributed by atoms with Gasteiger partial charge in [-0.05, 0) is 50.4 Å². The van der Waals surface area contributed by atoms with Crippen molar-refractivity contribution in [1.82, 2.24) is 0 Å². The second-order valence-corrected chi connectivity index (χ2v) is 5.16. The van der Waals surface area contributed by atoms with Crippen LogP contribution in [-0.2, 0) is 9.53 Å². The molecule has 0 fully saturated rings. The van der Waals surface area contributed by atoms with Crippen molar-refractivity contribution in [2.75, 3.05) is 6.61 Å². The first-order valence-corrected chi connectivity index (χ1v) is 6.77. The lowest BCUT2D eigenvalue weighted by atomic mass is 10.1. The zero-order valence-electron chi connectivity index (χ0n) is 9.33. The van der Waals surface area contributed by atoms with Gasteiger partial charge in [-0.2, -0.15) is 0 Å². The van der Waals surface area contributed by atoms with Gasteiger partial charge in [-0.1, -0.05) is 13.0 Å². The predicted octanol–water partition coefficient (Wildman–Crippen LogP) is 3.74. The maximum absolute atomic E-state index is 11.7. The van der Waals surface area contributed by atoms with Gasteiger partial charge in [-0.25, -0.2) is 0 Å². The van der Waals surface area contributed by atoms with E-state index in [0.29, 0.717) is 12.2 Å². The van der Waals surface area contributed by atoms with Crippen molar-refractivity contribution in [2.45, 2.75) is 19.8 Å². The van der Waals surface area contributed by atoms with E-state index in [9.17, 15) is 9.59 Å². The van der Waals surface area contributed by atoms with Crippen molar-refractivity contribution in [3.8, 4) is 0 Å². The highest BCUT2D eigenvalue weighted by Gasteiger charge is 2.13. The molecule has 0 aliphatic carbocycles. The average molecular weight is 364 g/mol. The van der Waals surface area contributed by atoms with E-state index in [1.54, 1.807) is 18.2 Å². The number of benzene rings is 1. The Hall–Kier alpha value is -0.680. The van der Waals surface area contributed by atoms with Crippen molar-refractivity contribution < 1.29 is 14.3 Å². The number of carbonyl (C=O) groups is 2. The summed E-state index contributed by atoms with van der Waals surface area (Å²) < 4.78 is 6.50. The van der Waals surface area contributed by atoms with Crippen molar-refractivity contribution in [2.24, 2.45) is 0 Å². The third-order valence-corrected chi connectivity index (χ3v) is 3.89. The topological polar surface area (TPSA) is 43.4 Å². The Morgan fingerprint density at radius 1 is 1.24 bits per heavy atom. The molecule has 0 radical (unpaired) electrons. The first-order valence-electron chi connectivity index (χ1n) is 5.18. The molecule has 0 saturated heterocycles. The Morgan fingerprint density at radius 2 is 1.94 bits per heavy atom. The van der Waals surface area contributed by atoms with Gasteiger partial charge in [0.15, 0.2) is 5.78 Å². The molecule has 0 atom stereocenters. The minimum absolute atomic E-state index is 0.214. The van der Waals surface area contributed by atoms with Crippen LogP contribution in [0.5, 0.6) is 0 Å². The normalized spacial score (nSPS) is 10.1. The summed E-state index contributed by atoms with van der Waals surface area (Å²) in [5.74, 6) is -0.713. The van der Waals surface area contributed by atoms with Crippen LogP contribution in [0.4, 0.5) is 0 Å². The van der Waals surface area contributed by atoms with Crippen LogP contribution in [0.15, 0.2) is 27.1 Å². The van der Waals surface area contributed by atoms with Gasteiger partial charge in [0.1, 0.15) is 6.42 Å². The number of hydrogen-bond donors (Lipinski definition) is 0. The predicted molar refractivity (Wildman–Crippen MR) is 72.0 cm³/mol. The van der Waals surface area contributed by atoms with E-state index in [-0.39, 0.29) is 12.2 Å². The van der Waals surface area contributed by atoms with Gasteiger partial charge >= 0.3 is 5.97 Å². The Kier molecular flexibility index (Phi) is 5.85. The second-order valence-electron chi connectivity index (χ2n) is 3.45. The molecule has 0 spiro atoms. The summed E-state index contributed by atoms with van der Waals surface area (Å²) in [6.07, 6.45) is 0.540. The Bertz CT molecular complexity index is 430. The van der Waals surface area contributed by atoms with Gasteiger partial charge in [-0.3, -0.25) is 9.59 Å². The van der Waals surface area contributed by atoms with Gasteiger partial charge in [0.25, 0.3) is 0 Å². The van der Waals surface area contributed by atoms with E-state index in [0.717, 1.165) is 15.4 Å². The van der Waals surface area contributed by atoms with E-state index in [1.807, 2.05) is 6.92 Å². The van der Waals surface area contributed by atoms with Crippen molar-refractivity contribution in [1.29, 1.82) is 0 Å². The van der Waals surface area contributed by atoms with E-state index in [2.05, 4.69) is 31.9 Å². The number of halogens is 2. The van der Waals surface area contributed by atoms with Crippen LogP contribution in [0.25, 0.3) is 0 Å². The molecule has 92 valence electrons. The van der Waals surface area contributed by atoms with E-state index >= 15 is 0 Å². The summed E-state index contributed by atoms with van der Waals surface area (Å²) in [4.78, 5) is 23.0. The molecule has 5 heteroatoms. The molecule has 0 heterocycles. The fraction of sp³-hybridized carbons (Fsp3) is 0.333. The monoisotopic (exact) mass is 362 g/mol. The van der Waals surface area contributed by atoms with Gasteiger partial charge in [0, 0.05) is 14.5 Å². The fourth-order valence-corrected chi connectivity index (χ4v) is 1.80. The first-order chi connectivity index (χ1) is 8.04. The average Bonchev–Trinajstić information content (AvgIpc) is 2.30. The third kappa shape index (κ3) is 4.60. The third-order valence-electron chi connectivity index (χ3n) is 2.01. The zero-order chi connectivity index (χ0) is 12.8.